The molecule has 222 valence electrons. The molecule has 0 radical (unpaired) electrons. The summed E-state index contributed by atoms with van der Waals surface area (Å²) >= 11 is 6.54. The first kappa shape index (κ1) is 27.6. The zero-order valence-electron chi connectivity index (χ0n) is 23.8. The van der Waals surface area contributed by atoms with E-state index in [1.165, 1.54) is 12.4 Å². The largest absolute Gasteiger partial charge is 0.399 e. The molecule has 0 atom stereocenters. The topological polar surface area (TPSA) is 131 Å². The van der Waals surface area contributed by atoms with E-state index in [1.54, 1.807) is 6.20 Å². The molecule has 1 aromatic carbocycles. The summed E-state index contributed by atoms with van der Waals surface area (Å²) in [6.45, 7) is 6.35. The predicted octanol–water partition coefficient (Wildman–Crippen LogP) is 2.69. The Bertz CT molecular complexity index is 1750. The van der Waals surface area contributed by atoms with E-state index >= 15 is 0 Å². The fourth-order valence-electron chi connectivity index (χ4n) is 6.29. The second-order valence-electron chi connectivity index (χ2n) is 11.7. The number of nitrogens with zero attached hydrogens (tertiary/aromatic N) is 9. The number of nitrogens with two attached hydrogens (primary N) is 1. The average molecular weight is 611 g/mol. The average Bonchev–Trinajstić information content (AvgIpc) is 3.63. The number of anilines is 2. The van der Waals surface area contributed by atoms with Gasteiger partial charge in [-0.3, -0.25) is 9.58 Å². The maximum atomic E-state index is 12.7. The Balaban J connectivity index is 1.23. The van der Waals surface area contributed by atoms with Crippen molar-refractivity contribution in [2.75, 3.05) is 56.9 Å². The van der Waals surface area contributed by atoms with E-state index in [1.807, 2.05) is 23.9 Å². The Morgan fingerprint density at radius 2 is 1.71 bits per heavy atom. The highest BCUT2D eigenvalue weighted by atomic mass is 35.5. The van der Waals surface area contributed by atoms with Gasteiger partial charge in [0, 0.05) is 69.2 Å². The highest BCUT2D eigenvalue weighted by Crippen LogP contribution is 2.39. The number of piperazine rings is 1. The Morgan fingerprint density at radius 1 is 0.976 bits per heavy atom. The second-order valence-corrected chi connectivity index (χ2v) is 14.2. The number of nitrogen functional groups attached to an aromatic ring is 1. The van der Waals surface area contributed by atoms with Crippen LogP contribution >= 0.6 is 11.6 Å². The molecule has 4 aromatic rings. The molecule has 1 aliphatic carbocycles. The van der Waals surface area contributed by atoms with Gasteiger partial charge in [0.2, 0.25) is 0 Å². The van der Waals surface area contributed by atoms with Gasteiger partial charge in [-0.1, -0.05) is 11.6 Å². The number of rotatable bonds is 6. The zero-order chi connectivity index (χ0) is 29.2. The Labute approximate surface area is 250 Å². The molecule has 5 heterocycles. The minimum absolute atomic E-state index is 0.305. The molecule has 0 spiro atoms. The van der Waals surface area contributed by atoms with E-state index < -0.39 is 10.0 Å². The molecule has 3 fully saturated rings. The van der Waals surface area contributed by atoms with Crippen LogP contribution in [0.25, 0.3) is 33.5 Å². The number of aromatic nitrogens is 6. The maximum Gasteiger partial charge on any atom is 0.256 e. The van der Waals surface area contributed by atoms with Crippen LogP contribution in [0.3, 0.4) is 0 Å². The number of benzene rings is 1. The number of fused-ring (bicyclic) bond motifs is 1. The fourth-order valence-corrected chi connectivity index (χ4v) is 7.96. The first-order valence-electron chi connectivity index (χ1n) is 14.4. The summed E-state index contributed by atoms with van der Waals surface area (Å²) in [5.74, 6) is 1.45. The lowest BCUT2D eigenvalue weighted by atomic mass is 10.0. The molecular weight excluding hydrogens is 576 g/mol. The highest BCUT2D eigenvalue weighted by Gasteiger charge is 2.38. The number of hydrogen-bond donors (Lipinski definition) is 1. The molecule has 1 saturated carbocycles. The van der Waals surface area contributed by atoms with Crippen LogP contribution < -0.4 is 10.6 Å². The number of piperidine rings is 1. The van der Waals surface area contributed by atoms with E-state index in [0.29, 0.717) is 46.7 Å². The number of halogens is 1. The molecule has 0 bridgehead atoms. The minimum Gasteiger partial charge on any atom is -0.399 e. The molecule has 3 aromatic heterocycles. The maximum absolute atomic E-state index is 12.7. The lowest BCUT2D eigenvalue weighted by Crippen LogP contribution is -2.52. The second kappa shape index (κ2) is 10.5. The van der Waals surface area contributed by atoms with E-state index in [2.05, 4.69) is 31.8 Å². The van der Waals surface area contributed by atoms with E-state index in [0.717, 1.165) is 78.5 Å². The quantitative estimate of drug-likeness (QED) is 0.325. The fraction of sp³-hybridized carbons (Fsp3) is 0.500. The minimum atomic E-state index is -3.51. The summed E-state index contributed by atoms with van der Waals surface area (Å²) in [6, 6.07) is 4.35. The third-order valence-electron chi connectivity index (χ3n) is 8.77. The lowest BCUT2D eigenvalue weighted by molar-refractivity contribution is 0.0981. The van der Waals surface area contributed by atoms with Gasteiger partial charge in [0.1, 0.15) is 5.82 Å². The first-order valence-corrected chi connectivity index (χ1v) is 16.3. The number of aryl methyl sites for hydroxylation is 1. The molecular formula is C28H35ClN10O2S. The zero-order valence-corrected chi connectivity index (χ0v) is 25.4. The molecule has 0 unspecified atom stereocenters. The van der Waals surface area contributed by atoms with Crippen molar-refractivity contribution in [1.82, 2.24) is 38.7 Å². The smallest absolute Gasteiger partial charge is 0.256 e. The molecule has 42 heavy (non-hydrogen) atoms. The Morgan fingerprint density at radius 3 is 2.43 bits per heavy atom. The van der Waals surface area contributed by atoms with Gasteiger partial charge in [0.05, 0.1) is 45.5 Å². The van der Waals surface area contributed by atoms with Crippen molar-refractivity contribution in [3.05, 3.63) is 35.7 Å². The molecule has 3 aliphatic rings. The molecule has 2 saturated heterocycles. The summed E-state index contributed by atoms with van der Waals surface area (Å²) < 4.78 is 28.4. The van der Waals surface area contributed by atoms with Crippen LogP contribution in [0.1, 0.15) is 25.7 Å². The monoisotopic (exact) mass is 610 g/mol. The van der Waals surface area contributed by atoms with Crippen molar-refractivity contribution in [2.45, 2.75) is 37.0 Å². The SMILES string of the molecule is CN1CCN(C2CCN(c3c4c(-c5ncc(Cl)c(-c6cnn(S(=O)(=O)C7CC7)c6)n5)cc(N)cc4nn3C)CC2)CC1. The summed E-state index contributed by atoms with van der Waals surface area (Å²) in [5.41, 5.74) is 9.34. The Kier molecular flexibility index (Phi) is 6.87. The summed E-state index contributed by atoms with van der Waals surface area (Å²) in [6.07, 6.45) is 7.99. The normalized spacial score (nSPS) is 19.6. The van der Waals surface area contributed by atoms with Crippen LogP contribution in [0, 0.1) is 0 Å². The molecule has 2 N–H and O–H groups in total. The lowest BCUT2D eigenvalue weighted by Gasteiger charge is -2.42. The van der Waals surface area contributed by atoms with Gasteiger partial charge in [0.15, 0.2) is 5.82 Å². The van der Waals surface area contributed by atoms with Gasteiger partial charge in [0.25, 0.3) is 10.0 Å². The summed E-state index contributed by atoms with van der Waals surface area (Å²) in [4.78, 5) is 16.9. The van der Waals surface area contributed by atoms with Crippen molar-refractivity contribution in [3.63, 3.8) is 0 Å². The van der Waals surface area contributed by atoms with Gasteiger partial charge in [-0.25, -0.2) is 18.4 Å². The van der Waals surface area contributed by atoms with Crippen LogP contribution in [-0.4, -0.2) is 105 Å². The van der Waals surface area contributed by atoms with Gasteiger partial charge in [-0.2, -0.15) is 14.3 Å². The van der Waals surface area contributed by atoms with Crippen LogP contribution in [0.4, 0.5) is 11.5 Å². The van der Waals surface area contributed by atoms with Gasteiger partial charge in [-0.05, 0) is 44.9 Å². The van der Waals surface area contributed by atoms with Gasteiger partial charge >= 0.3 is 0 Å². The molecule has 2 aliphatic heterocycles. The first-order chi connectivity index (χ1) is 20.2. The number of hydrogen-bond acceptors (Lipinski definition) is 10. The van der Waals surface area contributed by atoms with Crippen molar-refractivity contribution >= 4 is 44.0 Å². The van der Waals surface area contributed by atoms with Crippen molar-refractivity contribution < 1.29 is 8.42 Å². The standard InChI is InChI=1S/C28H35ClN10O2S/c1-35-9-11-37(12-10-35)20-5-7-38(8-6-20)28-25-22(13-19(30)14-24(25)34-36(28)2)27-31-16-23(29)26(33-27)18-15-32-39(17-18)42(40,41)21-3-4-21/h13-17,20-21H,3-12,30H2,1-2H3. The van der Waals surface area contributed by atoms with E-state index in [9.17, 15) is 8.42 Å². The number of likely N-dealkylation sites (N-methyl/N-ethyl adjacent to an activating group) is 1. The van der Waals surface area contributed by atoms with Crippen LogP contribution in [-0.2, 0) is 17.1 Å². The summed E-state index contributed by atoms with van der Waals surface area (Å²) in [7, 11) is 0.644. The van der Waals surface area contributed by atoms with Crippen molar-refractivity contribution in [2.24, 2.45) is 7.05 Å². The van der Waals surface area contributed by atoms with Gasteiger partial charge < -0.3 is 15.5 Å². The Hall–Kier alpha value is -3.26. The summed E-state index contributed by atoms with van der Waals surface area (Å²) in [5, 5.41) is 9.80. The van der Waals surface area contributed by atoms with E-state index in [4.69, 9.17) is 27.4 Å². The third-order valence-corrected chi connectivity index (χ3v) is 11.1. The van der Waals surface area contributed by atoms with Crippen LogP contribution in [0.5, 0.6) is 0 Å². The van der Waals surface area contributed by atoms with Crippen molar-refractivity contribution in [3.8, 4) is 22.6 Å². The van der Waals surface area contributed by atoms with Crippen LogP contribution in [0.2, 0.25) is 5.02 Å². The van der Waals surface area contributed by atoms with E-state index in [-0.39, 0.29) is 5.25 Å². The van der Waals surface area contributed by atoms with Gasteiger partial charge in [-0.15, -0.1) is 0 Å². The molecule has 7 rings (SSSR count). The predicted molar refractivity (Wildman–Crippen MR) is 164 cm³/mol. The molecule has 14 heteroatoms. The van der Waals surface area contributed by atoms with Crippen molar-refractivity contribution in [1.29, 1.82) is 0 Å². The highest BCUT2D eigenvalue weighted by molar-refractivity contribution is 7.90. The molecule has 0 amide bonds. The van der Waals surface area contributed by atoms with Crippen LogP contribution in [0.15, 0.2) is 30.7 Å². The molecule has 12 nitrogen and oxygen atoms in total. The third kappa shape index (κ3) is 4.91.